The summed E-state index contributed by atoms with van der Waals surface area (Å²) < 4.78 is 13.5. The summed E-state index contributed by atoms with van der Waals surface area (Å²) in [5, 5.41) is 0. The van der Waals surface area contributed by atoms with Crippen molar-refractivity contribution >= 4 is 0 Å². The Kier molecular flexibility index (Phi) is 2.47. The van der Waals surface area contributed by atoms with Gasteiger partial charge in [-0.25, -0.2) is 4.39 Å². The van der Waals surface area contributed by atoms with Crippen molar-refractivity contribution in [2.45, 2.75) is 0 Å². The predicted molar refractivity (Wildman–Crippen MR) is 57.6 cm³/mol. The van der Waals surface area contributed by atoms with E-state index in [0.717, 1.165) is 0 Å². The first-order chi connectivity index (χ1) is 7.33. The maximum Gasteiger partial charge on any atom is 0.131 e. The van der Waals surface area contributed by atoms with Crippen molar-refractivity contribution in [3.63, 3.8) is 0 Å². The molecule has 0 aliphatic rings. The van der Waals surface area contributed by atoms with E-state index in [4.69, 9.17) is 6.42 Å². The fraction of sp³-hybridized carbons (Fsp3) is 0. The summed E-state index contributed by atoms with van der Waals surface area (Å²) >= 11 is 0. The second-order valence-corrected chi connectivity index (χ2v) is 3.05. The molecule has 1 heterocycles. The molecule has 0 saturated heterocycles. The zero-order valence-corrected chi connectivity index (χ0v) is 7.94. The largest absolute Gasteiger partial charge is 0.264 e. The average molecular weight is 197 g/mol. The minimum Gasteiger partial charge on any atom is -0.264 e. The van der Waals surface area contributed by atoms with Crippen LogP contribution >= 0.6 is 0 Å². The van der Waals surface area contributed by atoms with Crippen molar-refractivity contribution in [2.24, 2.45) is 0 Å². The van der Waals surface area contributed by atoms with E-state index in [1.54, 1.807) is 36.7 Å². The van der Waals surface area contributed by atoms with Crippen LogP contribution < -0.4 is 0 Å². The van der Waals surface area contributed by atoms with Crippen LogP contribution in [0.25, 0.3) is 11.1 Å². The molecule has 0 atom stereocenters. The van der Waals surface area contributed by atoms with Gasteiger partial charge in [-0.1, -0.05) is 24.1 Å². The van der Waals surface area contributed by atoms with E-state index in [1.165, 1.54) is 6.07 Å². The maximum absolute atomic E-state index is 13.5. The van der Waals surface area contributed by atoms with E-state index in [-0.39, 0.29) is 5.82 Å². The van der Waals surface area contributed by atoms with Gasteiger partial charge in [0.2, 0.25) is 0 Å². The number of benzene rings is 1. The topological polar surface area (TPSA) is 12.9 Å². The number of pyridine rings is 1. The molecule has 2 rings (SSSR count). The van der Waals surface area contributed by atoms with Crippen LogP contribution in [0.4, 0.5) is 4.39 Å². The molecule has 1 aromatic carbocycles. The fourth-order valence-corrected chi connectivity index (χ4v) is 1.41. The monoisotopic (exact) mass is 197 g/mol. The van der Waals surface area contributed by atoms with Gasteiger partial charge in [-0.2, -0.15) is 0 Å². The summed E-state index contributed by atoms with van der Waals surface area (Å²) in [6, 6.07) is 8.20. The Hall–Kier alpha value is -2.14. The first kappa shape index (κ1) is 9.42. The summed E-state index contributed by atoms with van der Waals surface area (Å²) in [5.74, 6) is 2.22. The summed E-state index contributed by atoms with van der Waals surface area (Å²) in [6.45, 7) is 0. The minimum atomic E-state index is -0.290. The van der Waals surface area contributed by atoms with Crippen molar-refractivity contribution in [3.05, 3.63) is 54.1 Å². The Balaban J connectivity index is 2.65. The number of hydrogen-bond donors (Lipinski definition) is 0. The Morgan fingerprint density at radius 3 is 2.67 bits per heavy atom. The van der Waals surface area contributed by atoms with E-state index >= 15 is 0 Å². The molecule has 15 heavy (non-hydrogen) atoms. The third-order valence-corrected chi connectivity index (χ3v) is 2.14. The van der Waals surface area contributed by atoms with Gasteiger partial charge in [0.15, 0.2) is 0 Å². The number of aromatic nitrogens is 1. The molecule has 0 amide bonds. The fourth-order valence-electron chi connectivity index (χ4n) is 1.41. The van der Waals surface area contributed by atoms with Crippen LogP contribution in [-0.4, -0.2) is 4.98 Å². The molecular weight excluding hydrogens is 189 g/mol. The predicted octanol–water partition coefficient (Wildman–Crippen LogP) is 2.87. The number of hydrogen-bond acceptors (Lipinski definition) is 1. The third kappa shape index (κ3) is 1.72. The van der Waals surface area contributed by atoms with Crippen molar-refractivity contribution in [3.8, 4) is 23.5 Å². The molecule has 0 aliphatic heterocycles. The van der Waals surface area contributed by atoms with Crippen LogP contribution in [0.3, 0.4) is 0 Å². The van der Waals surface area contributed by atoms with E-state index in [2.05, 4.69) is 10.9 Å². The summed E-state index contributed by atoms with van der Waals surface area (Å²) in [4.78, 5) is 3.95. The van der Waals surface area contributed by atoms with Gasteiger partial charge in [0.1, 0.15) is 5.82 Å². The highest BCUT2D eigenvalue weighted by Crippen LogP contribution is 2.24. The van der Waals surface area contributed by atoms with Gasteiger partial charge in [0, 0.05) is 29.1 Å². The Morgan fingerprint density at radius 1 is 1.13 bits per heavy atom. The van der Waals surface area contributed by atoms with Crippen LogP contribution in [0.1, 0.15) is 5.56 Å². The molecule has 2 heteroatoms. The number of terminal acetylenes is 1. The third-order valence-electron chi connectivity index (χ3n) is 2.14. The van der Waals surface area contributed by atoms with E-state index in [1.807, 2.05) is 0 Å². The normalized spacial score (nSPS) is 9.60. The van der Waals surface area contributed by atoms with Crippen LogP contribution in [-0.2, 0) is 0 Å². The molecule has 0 unspecified atom stereocenters. The molecule has 1 nitrogen and oxygen atoms in total. The lowest BCUT2D eigenvalue weighted by molar-refractivity contribution is 0.631. The molecule has 0 fully saturated rings. The van der Waals surface area contributed by atoms with Gasteiger partial charge < -0.3 is 0 Å². The minimum absolute atomic E-state index is 0.290. The molecule has 0 spiro atoms. The summed E-state index contributed by atoms with van der Waals surface area (Å²) in [7, 11) is 0. The maximum atomic E-state index is 13.5. The standard InChI is InChI=1S/C13H8FN/c1-2-10-7-8-15-9-12(10)11-5-3-4-6-13(11)14/h1,3-9H. The molecule has 0 bridgehead atoms. The SMILES string of the molecule is C#Cc1ccncc1-c1ccccc1F. The lowest BCUT2D eigenvalue weighted by Gasteiger charge is -2.04. The Labute approximate surface area is 87.6 Å². The Bertz CT molecular complexity index is 526. The smallest absolute Gasteiger partial charge is 0.131 e. The van der Waals surface area contributed by atoms with Crippen molar-refractivity contribution in [1.82, 2.24) is 4.98 Å². The molecule has 1 aromatic heterocycles. The number of halogens is 1. The molecule has 0 aliphatic carbocycles. The summed E-state index contributed by atoms with van der Waals surface area (Å²) in [5.41, 5.74) is 1.78. The highest BCUT2D eigenvalue weighted by atomic mass is 19.1. The number of nitrogens with zero attached hydrogens (tertiary/aromatic N) is 1. The van der Waals surface area contributed by atoms with Crippen LogP contribution in [0.5, 0.6) is 0 Å². The average Bonchev–Trinajstić information content (AvgIpc) is 2.30. The van der Waals surface area contributed by atoms with Gasteiger partial charge in [0.05, 0.1) is 0 Å². The van der Waals surface area contributed by atoms with E-state index < -0.39 is 0 Å². The van der Waals surface area contributed by atoms with Gasteiger partial charge in [0.25, 0.3) is 0 Å². The van der Waals surface area contributed by atoms with Crippen molar-refractivity contribution < 1.29 is 4.39 Å². The van der Waals surface area contributed by atoms with E-state index in [9.17, 15) is 4.39 Å². The molecular formula is C13H8FN. The van der Waals surface area contributed by atoms with Crippen LogP contribution in [0.15, 0.2) is 42.7 Å². The zero-order valence-electron chi connectivity index (χ0n) is 7.94. The second-order valence-electron chi connectivity index (χ2n) is 3.05. The van der Waals surface area contributed by atoms with Gasteiger partial charge in [-0.15, -0.1) is 6.42 Å². The molecule has 0 saturated carbocycles. The molecule has 0 N–H and O–H groups in total. The van der Waals surface area contributed by atoms with Crippen LogP contribution in [0.2, 0.25) is 0 Å². The first-order valence-electron chi connectivity index (χ1n) is 4.48. The molecule has 72 valence electrons. The van der Waals surface area contributed by atoms with Crippen LogP contribution in [0, 0.1) is 18.2 Å². The van der Waals surface area contributed by atoms with Crippen molar-refractivity contribution in [2.75, 3.05) is 0 Å². The highest BCUT2D eigenvalue weighted by molar-refractivity contribution is 5.70. The lowest BCUT2D eigenvalue weighted by Crippen LogP contribution is -1.88. The molecule has 0 radical (unpaired) electrons. The van der Waals surface area contributed by atoms with Crippen molar-refractivity contribution in [1.29, 1.82) is 0 Å². The van der Waals surface area contributed by atoms with Gasteiger partial charge in [-0.3, -0.25) is 4.98 Å². The second kappa shape index (κ2) is 3.93. The van der Waals surface area contributed by atoms with E-state index in [0.29, 0.717) is 16.7 Å². The summed E-state index contributed by atoms with van der Waals surface area (Å²) in [6.07, 6.45) is 8.51. The quantitative estimate of drug-likeness (QED) is 0.640. The first-order valence-corrected chi connectivity index (χ1v) is 4.48. The zero-order chi connectivity index (χ0) is 10.7. The highest BCUT2D eigenvalue weighted by Gasteiger charge is 2.07. The lowest BCUT2D eigenvalue weighted by atomic mass is 10.0. The Morgan fingerprint density at radius 2 is 1.93 bits per heavy atom. The number of rotatable bonds is 1. The van der Waals surface area contributed by atoms with Gasteiger partial charge in [-0.05, 0) is 12.1 Å². The molecule has 2 aromatic rings. The van der Waals surface area contributed by atoms with Gasteiger partial charge >= 0.3 is 0 Å².